The number of H-pyrrole nitrogens is 1. The molecule has 2 heterocycles. The Balaban J connectivity index is 1.79. The summed E-state index contributed by atoms with van der Waals surface area (Å²) < 4.78 is 5.36. The van der Waals surface area contributed by atoms with Crippen molar-refractivity contribution >= 4 is 16.7 Å². The predicted molar refractivity (Wildman–Crippen MR) is 93.1 cm³/mol. The number of ketones is 1. The van der Waals surface area contributed by atoms with E-state index in [1.54, 1.807) is 7.11 Å². The van der Waals surface area contributed by atoms with E-state index < -0.39 is 0 Å². The number of aryl methyl sites for hydroxylation is 1. The summed E-state index contributed by atoms with van der Waals surface area (Å²) in [7, 11) is 1.70. The van der Waals surface area contributed by atoms with Gasteiger partial charge in [0.1, 0.15) is 11.5 Å². The Labute approximate surface area is 137 Å². The molecule has 0 amide bonds. The molecule has 0 radical (unpaired) electrons. The van der Waals surface area contributed by atoms with Crippen LogP contribution in [0, 0.1) is 12.8 Å². The number of likely N-dealkylation sites (tertiary alicyclic amines) is 1. The number of hydrogen-bond donors (Lipinski definition) is 1. The van der Waals surface area contributed by atoms with Crippen LogP contribution >= 0.6 is 0 Å². The number of methoxy groups -OCH3 is 1. The zero-order valence-electron chi connectivity index (χ0n) is 14.5. The number of nitrogens with one attached hydrogen (secondary N) is 1. The van der Waals surface area contributed by atoms with Gasteiger partial charge in [-0.15, -0.1) is 0 Å². The molecule has 0 spiro atoms. The monoisotopic (exact) mass is 314 g/mol. The van der Waals surface area contributed by atoms with Gasteiger partial charge in [-0.25, -0.2) is 0 Å². The van der Waals surface area contributed by atoms with Gasteiger partial charge < -0.3 is 9.72 Å². The van der Waals surface area contributed by atoms with Crippen LogP contribution in [-0.4, -0.2) is 41.9 Å². The van der Waals surface area contributed by atoms with Crippen molar-refractivity contribution in [1.82, 2.24) is 9.88 Å². The summed E-state index contributed by atoms with van der Waals surface area (Å²) in [5.41, 5.74) is 3.74. The number of fused-ring (bicyclic) bond motifs is 1. The second-order valence-corrected chi connectivity index (χ2v) is 6.67. The molecule has 0 unspecified atom stereocenters. The molecule has 2 atom stereocenters. The van der Waals surface area contributed by atoms with E-state index in [1.807, 2.05) is 6.07 Å². The van der Waals surface area contributed by atoms with Gasteiger partial charge >= 0.3 is 0 Å². The van der Waals surface area contributed by atoms with Crippen molar-refractivity contribution in [2.75, 3.05) is 20.2 Å². The molecule has 1 saturated heterocycles. The van der Waals surface area contributed by atoms with E-state index >= 15 is 0 Å². The molecule has 1 aromatic heterocycles. The minimum absolute atomic E-state index is 0.146. The molecule has 23 heavy (non-hydrogen) atoms. The van der Waals surface area contributed by atoms with E-state index in [9.17, 15) is 4.79 Å². The Bertz CT molecular complexity index is 719. The lowest BCUT2D eigenvalue weighted by molar-refractivity contribution is -0.127. The van der Waals surface area contributed by atoms with E-state index in [-0.39, 0.29) is 5.92 Å². The average molecular weight is 314 g/mol. The first kappa shape index (κ1) is 16.1. The number of carbonyl (C=O) groups excluding carboxylic acids is 1. The lowest BCUT2D eigenvalue weighted by atomic mass is 9.90. The van der Waals surface area contributed by atoms with Crippen molar-refractivity contribution in [3.8, 4) is 5.75 Å². The van der Waals surface area contributed by atoms with Gasteiger partial charge in [-0.05, 0) is 44.0 Å². The molecule has 3 rings (SSSR count). The molecular weight excluding hydrogens is 288 g/mol. The van der Waals surface area contributed by atoms with Gasteiger partial charge in [0.05, 0.1) is 7.11 Å². The van der Waals surface area contributed by atoms with Crippen LogP contribution in [0.3, 0.4) is 0 Å². The first-order chi connectivity index (χ1) is 11.0. The second kappa shape index (κ2) is 6.36. The van der Waals surface area contributed by atoms with Crippen LogP contribution in [0.25, 0.3) is 10.9 Å². The fourth-order valence-corrected chi connectivity index (χ4v) is 3.65. The summed E-state index contributed by atoms with van der Waals surface area (Å²) in [5.74, 6) is 1.44. The Morgan fingerprint density at radius 3 is 2.87 bits per heavy atom. The number of carbonyl (C=O) groups is 1. The molecule has 1 fully saturated rings. The van der Waals surface area contributed by atoms with E-state index in [1.165, 1.54) is 16.6 Å². The smallest absolute Gasteiger partial charge is 0.138 e. The van der Waals surface area contributed by atoms with Crippen molar-refractivity contribution < 1.29 is 9.53 Å². The summed E-state index contributed by atoms with van der Waals surface area (Å²) in [5, 5.41) is 1.25. The fourth-order valence-electron chi connectivity index (χ4n) is 3.65. The maximum atomic E-state index is 11.8. The fraction of sp³-hybridized carbons (Fsp3) is 0.526. The van der Waals surface area contributed by atoms with Crippen molar-refractivity contribution in [2.24, 2.45) is 5.92 Å². The number of piperidine rings is 1. The largest absolute Gasteiger partial charge is 0.497 e. The van der Waals surface area contributed by atoms with Crippen molar-refractivity contribution in [1.29, 1.82) is 0 Å². The first-order valence-corrected chi connectivity index (χ1v) is 8.43. The summed E-state index contributed by atoms with van der Waals surface area (Å²) in [4.78, 5) is 17.8. The van der Waals surface area contributed by atoms with Crippen molar-refractivity contribution in [3.63, 3.8) is 0 Å². The molecule has 1 aromatic carbocycles. The number of aromatic amines is 1. The quantitative estimate of drug-likeness (QED) is 0.941. The highest BCUT2D eigenvalue weighted by atomic mass is 16.5. The van der Waals surface area contributed by atoms with Crippen LogP contribution in [0.2, 0.25) is 0 Å². The predicted octanol–water partition coefficient (Wildman–Crippen LogP) is 3.33. The Morgan fingerprint density at radius 1 is 1.35 bits per heavy atom. The molecular formula is C19H26N2O2. The minimum atomic E-state index is 0.146. The summed E-state index contributed by atoms with van der Waals surface area (Å²) >= 11 is 0. The lowest BCUT2D eigenvalue weighted by Crippen LogP contribution is -2.47. The molecule has 0 bridgehead atoms. The SMILES string of the molecule is COc1ccc2[nH]c(C)c(CCN3CCC(=O)[C@H](C)[C@@H]3C)c2c1. The van der Waals surface area contributed by atoms with Crippen molar-refractivity contribution in [2.45, 2.75) is 39.7 Å². The summed E-state index contributed by atoms with van der Waals surface area (Å²) in [6.45, 7) is 8.24. The summed E-state index contributed by atoms with van der Waals surface area (Å²) in [6, 6.07) is 6.51. The maximum Gasteiger partial charge on any atom is 0.138 e. The van der Waals surface area contributed by atoms with Gasteiger partial charge in [-0.2, -0.15) is 0 Å². The lowest BCUT2D eigenvalue weighted by Gasteiger charge is -2.37. The third-order valence-electron chi connectivity index (χ3n) is 5.43. The number of hydrogen-bond acceptors (Lipinski definition) is 3. The molecule has 1 aliphatic rings. The zero-order chi connectivity index (χ0) is 16.6. The van der Waals surface area contributed by atoms with Gasteiger partial charge in [0.2, 0.25) is 0 Å². The van der Waals surface area contributed by atoms with Crippen LogP contribution in [0.4, 0.5) is 0 Å². The number of Topliss-reactive ketones (excluding diaryl/α,β-unsaturated/α-hetero) is 1. The number of nitrogens with zero attached hydrogens (tertiary/aromatic N) is 1. The van der Waals surface area contributed by atoms with Crippen LogP contribution in [0.5, 0.6) is 5.75 Å². The van der Waals surface area contributed by atoms with Crippen LogP contribution in [-0.2, 0) is 11.2 Å². The van der Waals surface area contributed by atoms with E-state index in [4.69, 9.17) is 4.74 Å². The third kappa shape index (κ3) is 3.00. The molecule has 0 aliphatic carbocycles. The molecule has 0 saturated carbocycles. The Hall–Kier alpha value is -1.81. The molecule has 1 N–H and O–H groups in total. The van der Waals surface area contributed by atoms with Crippen LogP contribution in [0.1, 0.15) is 31.5 Å². The van der Waals surface area contributed by atoms with Gasteiger partial charge in [-0.1, -0.05) is 6.92 Å². The normalized spacial score (nSPS) is 22.7. The molecule has 4 heteroatoms. The van der Waals surface area contributed by atoms with Gasteiger partial charge in [-0.3, -0.25) is 9.69 Å². The van der Waals surface area contributed by atoms with Crippen LogP contribution in [0.15, 0.2) is 18.2 Å². The Morgan fingerprint density at radius 2 is 2.13 bits per heavy atom. The second-order valence-electron chi connectivity index (χ2n) is 6.67. The minimum Gasteiger partial charge on any atom is -0.497 e. The molecule has 4 nitrogen and oxygen atoms in total. The van der Waals surface area contributed by atoms with E-state index in [0.717, 1.165) is 30.8 Å². The third-order valence-corrected chi connectivity index (χ3v) is 5.43. The zero-order valence-corrected chi connectivity index (χ0v) is 14.5. The topological polar surface area (TPSA) is 45.3 Å². The van der Waals surface area contributed by atoms with Crippen LogP contribution < -0.4 is 4.74 Å². The maximum absolute atomic E-state index is 11.8. The van der Waals surface area contributed by atoms with Gasteiger partial charge in [0, 0.05) is 48.1 Å². The Kier molecular flexibility index (Phi) is 4.44. The first-order valence-electron chi connectivity index (χ1n) is 8.43. The highest BCUT2D eigenvalue weighted by molar-refractivity contribution is 5.86. The molecule has 2 aromatic rings. The summed E-state index contributed by atoms with van der Waals surface area (Å²) in [6.07, 6.45) is 1.68. The van der Waals surface area contributed by atoms with Crippen molar-refractivity contribution in [3.05, 3.63) is 29.5 Å². The standard InChI is InChI=1S/C19H26N2O2/c1-12-14(3)21(10-8-19(12)22)9-7-16-13(2)20-18-6-5-15(23-4)11-17(16)18/h5-6,11-12,14,20H,7-10H2,1-4H3/t12-,14+/m1/s1. The van der Waals surface area contributed by atoms with E-state index in [2.05, 4.69) is 42.8 Å². The van der Waals surface area contributed by atoms with Gasteiger partial charge in [0.25, 0.3) is 0 Å². The number of rotatable bonds is 4. The number of ether oxygens (including phenoxy) is 1. The molecule has 124 valence electrons. The highest BCUT2D eigenvalue weighted by Gasteiger charge is 2.30. The highest BCUT2D eigenvalue weighted by Crippen LogP contribution is 2.28. The number of aromatic nitrogens is 1. The average Bonchev–Trinajstić information content (AvgIpc) is 2.86. The molecule has 1 aliphatic heterocycles. The van der Waals surface area contributed by atoms with E-state index in [0.29, 0.717) is 18.2 Å². The number of benzene rings is 1. The van der Waals surface area contributed by atoms with Gasteiger partial charge in [0.15, 0.2) is 0 Å².